The lowest BCUT2D eigenvalue weighted by Crippen LogP contribution is -2.49. The second-order valence-electron chi connectivity index (χ2n) is 7.08. The summed E-state index contributed by atoms with van der Waals surface area (Å²) in [7, 11) is 1.62. The van der Waals surface area contributed by atoms with Crippen LogP contribution < -0.4 is 9.64 Å². The van der Waals surface area contributed by atoms with Crippen molar-refractivity contribution in [2.45, 2.75) is 13.3 Å². The van der Waals surface area contributed by atoms with Crippen LogP contribution >= 0.6 is 0 Å². The van der Waals surface area contributed by atoms with Crippen molar-refractivity contribution in [2.24, 2.45) is 0 Å². The Morgan fingerprint density at radius 1 is 1.07 bits per heavy atom. The molecule has 7 nitrogen and oxygen atoms in total. The number of piperazine rings is 1. The molecule has 3 aromatic rings. The van der Waals surface area contributed by atoms with Crippen molar-refractivity contribution < 1.29 is 14.1 Å². The highest BCUT2D eigenvalue weighted by Gasteiger charge is 2.23. The summed E-state index contributed by atoms with van der Waals surface area (Å²) in [6.45, 7) is 5.14. The van der Waals surface area contributed by atoms with Gasteiger partial charge in [-0.05, 0) is 42.8 Å². The number of aryl methyl sites for hydroxylation is 1. The second kappa shape index (κ2) is 8.34. The molecule has 0 N–H and O–H groups in total. The highest BCUT2D eigenvalue weighted by atomic mass is 16.5. The number of hydrogen-bond acceptors (Lipinski definition) is 6. The zero-order valence-corrected chi connectivity index (χ0v) is 16.7. The number of rotatable bonds is 5. The molecule has 1 saturated heterocycles. The normalized spacial score (nSPS) is 14.1. The van der Waals surface area contributed by atoms with Gasteiger partial charge in [-0.25, -0.2) is 0 Å². The molecule has 0 saturated carbocycles. The van der Waals surface area contributed by atoms with Crippen LogP contribution in [0.3, 0.4) is 0 Å². The SMILES string of the molecule is COc1ccc(-c2nc(CC(=O)N3CCN(c4ccccc4C)CC3)no2)cc1. The predicted molar refractivity (Wildman–Crippen MR) is 110 cm³/mol. The molecule has 1 fully saturated rings. The van der Waals surface area contributed by atoms with E-state index in [1.807, 2.05) is 35.2 Å². The minimum absolute atomic E-state index is 0.0246. The van der Waals surface area contributed by atoms with Gasteiger partial charge in [0.1, 0.15) is 5.75 Å². The number of amides is 1. The standard InChI is InChI=1S/C22H24N4O3/c1-16-5-3-4-6-19(16)25-11-13-26(14-12-25)21(27)15-20-23-22(29-24-20)17-7-9-18(28-2)10-8-17/h3-10H,11-15H2,1-2H3. The van der Waals surface area contributed by atoms with Gasteiger partial charge in [-0.1, -0.05) is 23.4 Å². The van der Waals surface area contributed by atoms with Crippen LogP contribution in [0.4, 0.5) is 5.69 Å². The van der Waals surface area contributed by atoms with Crippen molar-refractivity contribution >= 4 is 11.6 Å². The van der Waals surface area contributed by atoms with E-state index < -0.39 is 0 Å². The van der Waals surface area contributed by atoms with E-state index in [2.05, 4.69) is 40.2 Å². The maximum Gasteiger partial charge on any atom is 0.257 e. The van der Waals surface area contributed by atoms with Gasteiger partial charge in [-0.3, -0.25) is 4.79 Å². The van der Waals surface area contributed by atoms with Crippen molar-refractivity contribution in [2.75, 3.05) is 38.2 Å². The Hall–Kier alpha value is -3.35. The molecule has 0 radical (unpaired) electrons. The molecule has 0 bridgehead atoms. The summed E-state index contributed by atoms with van der Waals surface area (Å²) in [4.78, 5) is 21.2. The molecule has 29 heavy (non-hydrogen) atoms. The lowest BCUT2D eigenvalue weighted by Gasteiger charge is -2.36. The minimum atomic E-state index is 0.0246. The highest BCUT2D eigenvalue weighted by molar-refractivity contribution is 5.78. The van der Waals surface area contributed by atoms with E-state index in [4.69, 9.17) is 9.26 Å². The van der Waals surface area contributed by atoms with E-state index in [-0.39, 0.29) is 12.3 Å². The van der Waals surface area contributed by atoms with Crippen LogP contribution in [-0.2, 0) is 11.2 Å². The predicted octanol–water partition coefficient (Wildman–Crippen LogP) is 2.94. The molecule has 0 atom stereocenters. The minimum Gasteiger partial charge on any atom is -0.497 e. The first-order valence-corrected chi connectivity index (χ1v) is 9.69. The zero-order valence-electron chi connectivity index (χ0n) is 16.7. The monoisotopic (exact) mass is 392 g/mol. The third-order valence-corrected chi connectivity index (χ3v) is 5.20. The molecule has 0 aliphatic carbocycles. The Kier molecular flexibility index (Phi) is 5.46. The van der Waals surface area contributed by atoms with E-state index in [1.165, 1.54) is 11.3 Å². The lowest BCUT2D eigenvalue weighted by atomic mass is 10.1. The summed E-state index contributed by atoms with van der Waals surface area (Å²) in [6, 6.07) is 15.7. The molecule has 2 heterocycles. The fourth-order valence-corrected chi connectivity index (χ4v) is 3.54. The van der Waals surface area contributed by atoms with E-state index in [0.717, 1.165) is 24.4 Å². The van der Waals surface area contributed by atoms with Gasteiger partial charge in [0.05, 0.1) is 13.5 Å². The number of benzene rings is 2. The molecule has 4 rings (SSSR count). The quantitative estimate of drug-likeness (QED) is 0.665. The van der Waals surface area contributed by atoms with Crippen molar-refractivity contribution in [3.05, 3.63) is 59.9 Å². The molecule has 0 unspecified atom stereocenters. The lowest BCUT2D eigenvalue weighted by molar-refractivity contribution is -0.130. The molecule has 0 spiro atoms. The molecule has 7 heteroatoms. The topological polar surface area (TPSA) is 71.7 Å². The van der Waals surface area contributed by atoms with Gasteiger partial charge in [-0.15, -0.1) is 0 Å². The molecule has 150 valence electrons. The number of carbonyl (C=O) groups is 1. The van der Waals surface area contributed by atoms with Crippen LogP contribution in [0.15, 0.2) is 53.1 Å². The summed E-state index contributed by atoms with van der Waals surface area (Å²) in [6.07, 6.45) is 0.143. The van der Waals surface area contributed by atoms with Crippen LogP contribution in [-0.4, -0.2) is 54.2 Å². The molecule has 1 amide bonds. The number of methoxy groups -OCH3 is 1. The first kappa shape index (κ1) is 19.0. The van der Waals surface area contributed by atoms with Gasteiger partial charge in [0.25, 0.3) is 5.89 Å². The van der Waals surface area contributed by atoms with Crippen LogP contribution in [0.1, 0.15) is 11.4 Å². The number of ether oxygens (including phenoxy) is 1. The largest absolute Gasteiger partial charge is 0.497 e. The maximum absolute atomic E-state index is 12.7. The van der Waals surface area contributed by atoms with Gasteiger partial charge in [0.2, 0.25) is 5.91 Å². The highest BCUT2D eigenvalue weighted by Crippen LogP contribution is 2.22. The Morgan fingerprint density at radius 2 is 1.79 bits per heavy atom. The van der Waals surface area contributed by atoms with Gasteiger partial charge in [-0.2, -0.15) is 4.98 Å². The first-order valence-electron chi connectivity index (χ1n) is 9.69. The summed E-state index contributed by atoms with van der Waals surface area (Å²) in [5.41, 5.74) is 3.29. The summed E-state index contributed by atoms with van der Waals surface area (Å²) >= 11 is 0. The number of carbonyl (C=O) groups excluding carboxylic acids is 1. The van der Waals surface area contributed by atoms with Crippen LogP contribution in [0, 0.1) is 6.92 Å². The number of hydrogen-bond donors (Lipinski definition) is 0. The number of aromatic nitrogens is 2. The fraction of sp³-hybridized carbons (Fsp3) is 0.318. The number of nitrogens with zero attached hydrogens (tertiary/aromatic N) is 4. The molecule has 1 aromatic heterocycles. The maximum atomic E-state index is 12.7. The van der Waals surface area contributed by atoms with Crippen molar-refractivity contribution in [1.29, 1.82) is 0 Å². The number of para-hydroxylation sites is 1. The smallest absolute Gasteiger partial charge is 0.257 e. The van der Waals surface area contributed by atoms with Crippen LogP contribution in [0.2, 0.25) is 0 Å². The van der Waals surface area contributed by atoms with Crippen LogP contribution in [0.25, 0.3) is 11.5 Å². The average molecular weight is 392 g/mol. The van der Waals surface area contributed by atoms with E-state index >= 15 is 0 Å². The molecule has 2 aromatic carbocycles. The summed E-state index contributed by atoms with van der Waals surface area (Å²) in [5.74, 6) is 1.59. The zero-order chi connectivity index (χ0) is 20.2. The van der Waals surface area contributed by atoms with Crippen molar-refractivity contribution in [1.82, 2.24) is 15.0 Å². The summed E-state index contributed by atoms with van der Waals surface area (Å²) < 4.78 is 10.5. The number of anilines is 1. The van der Waals surface area contributed by atoms with Crippen molar-refractivity contribution in [3.8, 4) is 17.2 Å². The molecular formula is C22H24N4O3. The third-order valence-electron chi connectivity index (χ3n) is 5.20. The van der Waals surface area contributed by atoms with E-state index in [1.54, 1.807) is 7.11 Å². The Balaban J connectivity index is 1.34. The van der Waals surface area contributed by atoms with Crippen molar-refractivity contribution in [3.63, 3.8) is 0 Å². The Bertz CT molecular complexity index is 976. The first-order chi connectivity index (χ1) is 14.1. The van der Waals surface area contributed by atoms with Crippen LogP contribution in [0.5, 0.6) is 5.75 Å². The van der Waals surface area contributed by atoms with Gasteiger partial charge in [0.15, 0.2) is 5.82 Å². The average Bonchev–Trinajstić information content (AvgIpc) is 3.23. The molecule has 1 aliphatic heterocycles. The van der Waals surface area contributed by atoms with Gasteiger partial charge in [0, 0.05) is 37.4 Å². The van der Waals surface area contributed by atoms with E-state index in [0.29, 0.717) is 24.8 Å². The summed E-state index contributed by atoms with van der Waals surface area (Å²) in [5, 5.41) is 3.97. The molecular weight excluding hydrogens is 368 g/mol. The van der Waals surface area contributed by atoms with Gasteiger partial charge < -0.3 is 19.1 Å². The van der Waals surface area contributed by atoms with E-state index in [9.17, 15) is 4.79 Å². The molecule has 1 aliphatic rings. The Labute approximate surface area is 169 Å². The fourth-order valence-electron chi connectivity index (χ4n) is 3.54. The Morgan fingerprint density at radius 3 is 2.48 bits per heavy atom. The van der Waals surface area contributed by atoms with Gasteiger partial charge >= 0.3 is 0 Å². The second-order valence-corrected chi connectivity index (χ2v) is 7.08. The third kappa shape index (κ3) is 4.23.